The number of nitrogens with one attached hydrogen (secondary N) is 1. The summed E-state index contributed by atoms with van der Waals surface area (Å²) in [6.45, 7) is 5.88. The molecule has 2 amide bonds. The van der Waals surface area contributed by atoms with Crippen LogP contribution in [0.5, 0.6) is 5.75 Å². The lowest BCUT2D eigenvalue weighted by Crippen LogP contribution is -2.52. The number of rotatable bonds is 6. The minimum absolute atomic E-state index is 0.0727. The predicted molar refractivity (Wildman–Crippen MR) is 120 cm³/mol. The van der Waals surface area contributed by atoms with E-state index in [4.69, 9.17) is 9.15 Å². The Morgan fingerprint density at radius 2 is 2.00 bits per heavy atom. The number of hydrogen-bond donors (Lipinski definition) is 1. The molecule has 1 aromatic carbocycles. The van der Waals surface area contributed by atoms with Gasteiger partial charge in [-0.05, 0) is 43.3 Å². The average molecular weight is 440 g/mol. The van der Waals surface area contributed by atoms with Gasteiger partial charge in [0.2, 0.25) is 5.89 Å². The highest BCUT2D eigenvalue weighted by Crippen LogP contribution is 2.35. The average Bonchev–Trinajstić information content (AvgIpc) is 3.46. The van der Waals surface area contributed by atoms with E-state index >= 15 is 0 Å². The third kappa shape index (κ3) is 4.20. The van der Waals surface area contributed by atoms with Crippen molar-refractivity contribution >= 4 is 28.8 Å². The van der Waals surface area contributed by atoms with Crippen LogP contribution in [0.4, 0.5) is 5.69 Å². The highest BCUT2D eigenvalue weighted by molar-refractivity contribution is 7.13. The predicted octanol–water partition coefficient (Wildman–Crippen LogP) is 4.42. The first-order valence-corrected chi connectivity index (χ1v) is 11.3. The molecule has 3 aromatic rings. The van der Waals surface area contributed by atoms with E-state index in [1.54, 1.807) is 24.0 Å². The summed E-state index contributed by atoms with van der Waals surface area (Å²) in [6, 6.07) is 11.1. The molecule has 1 aliphatic rings. The highest BCUT2D eigenvalue weighted by atomic mass is 32.1. The smallest absolute Gasteiger partial charge is 0.280 e. The molecule has 0 aliphatic carbocycles. The summed E-state index contributed by atoms with van der Waals surface area (Å²) in [5.41, 5.74) is 0.846. The zero-order valence-electron chi connectivity index (χ0n) is 17.8. The Bertz CT molecular complexity index is 1070. The summed E-state index contributed by atoms with van der Waals surface area (Å²) in [6.07, 6.45) is 0.860. The van der Waals surface area contributed by atoms with Crippen LogP contribution in [0.2, 0.25) is 0 Å². The van der Waals surface area contributed by atoms with E-state index in [1.165, 1.54) is 11.3 Å². The number of aryl methyl sites for hydroxylation is 1. The second kappa shape index (κ2) is 8.93. The summed E-state index contributed by atoms with van der Waals surface area (Å²) in [5, 5.41) is 4.94. The molecule has 2 aromatic heterocycles. The van der Waals surface area contributed by atoms with Crippen molar-refractivity contribution in [2.45, 2.75) is 45.8 Å². The number of carbonyl (C=O) groups excluding carboxylic acids is 2. The molecule has 7 nitrogen and oxygen atoms in total. The molecule has 1 N–H and O–H groups in total. The fourth-order valence-corrected chi connectivity index (χ4v) is 4.23. The Kier molecular flexibility index (Phi) is 6.08. The molecule has 31 heavy (non-hydrogen) atoms. The molecule has 1 atom stereocenters. The van der Waals surface area contributed by atoms with Crippen LogP contribution in [0, 0.1) is 6.92 Å². The first kappa shape index (κ1) is 21.1. The monoisotopic (exact) mass is 439 g/mol. The standard InChI is InChI=1S/C23H25N3O4S/c1-4-15(5-2)24-21(27)18-13-26(16-9-6-7-10-17(16)30-18)23(28)20-14(3)29-22(25-20)19-11-8-12-31-19/h6-12,15,18H,4-5,13H2,1-3H3,(H,24,27). The van der Waals surface area contributed by atoms with Crippen molar-refractivity contribution in [2.75, 3.05) is 11.4 Å². The number of nitrogens with zero attached hydrogens (tertiary/aromatic N) is 2. The number of fused-ring (bicyclic) bond motifs is 1. The summed E-state index contributed by atoms with van der Waals surface area (Å²) in [5.74, 6) is 0.805. The maximum absolute atomic E-state index is 13.5. The van der Waals surface area contributed by atoms with E-state index in [9.17, 15) is 9.59 Å². The lowest BCUT2D eigenvalue weighted by molar-refractivity contribution is -0.128. The molecular formula is C23H25N3O4S. The fraction of sp³-hybridized carbons (Fsp3) is 0.348. The zero-order valence-corrected chi connectivity index (χ0v) is 18.6. The second-order valence-electron chi connectivity index (χ2n) is 7.41. The van der Waals surface area contributed by atoms with Gasteiger partial charge >= 0.3 is 0 Å². The van der Waals surface area contributed by atoms with Crippen LogP contribution >= 0.6 is 11.3 Å². The first-order chi connectivity index (χ1) is 15.0. The number of anilines is 1. The van der Waals surface area contributed by atoms with Crippen LogP contribution in [0.3, 0.4) is 0 Å². The minimum Gasteiger partial charge on any atom is -0.477 e. The molecule has 0 spiro atoms. The van der Waals surface area contributed by atoms with Gasteiger partial charge in [0.05, 0.1) is 17.1 Å². The van der Waals surface area contributed by atoms with Crippen LogP contribution in [0.15, 0.2) is 46.2 Å². The molecule has 0 saturated heterocycles. The van der Waals surface area contributed by atoms with E-state index in [1.807, 2.05) is 43.5 Å². The lowest BCUT2D eigenvalue weighted by atomic mass is 10.1. The van der Waals surface area contributed by atoms with Crippen molar-refractivity contribution in [3.63, 3.8) is 0 Å². The lowest BCUT2D eigenvalue weighted by Gasteiger charge is -2.34. The number of amides is 2. The number of ether oxygens (including phenoxy) is 1. The first-order valence-electron chi connectivity index (χ1n) is 10.4. The number of carbonyl (C=O) groups is 2. The van der Waals surface area contributed by atoms with Crippen LogP contribution in [-0.4, -0.2) is 35.5 Å². The second-order valence-corrected chi connectivity index (χ2v) is 8.36. The maximum Gasteiger partial charge on any atom is 0.280 e. The molecule has 1 aliphatic heterocycles. The van der Waals surface area contributed by atoms with E-state index < -0.39 is 6.10 Å². The van der Waals surface area contributed by atoms with Gasteiger partial charge in [0.15, 0.2) is 11.8 Å². The van der Waals surface area contributed by atoms with E-state index in [2.05, 4.69) is 10.3 Å². The number of hydrogen-bond acceptors (Lipinski definition) is 6. The molecular weight excluding hydrogens is 414 g/mol. The van der Waals surface area contributed by atoms with Crippen molar-refractivity contribution in [3.05, 3.63) is 53.2 Å². The van der Waals surface area contributed by atoms with Gasteiger partial charge in [-0.3, -0.25) is 14.5 Å². The van der Waals surface area contributed by atoms with Crippen LogP contribution in [0.25, 0.3) is 10.8 Å². The fourth-order valence-electron chi connectivity index (χ4n) is 3.58. The van der Waals surface area contributed by atoms with Gasteiger partial charge in [-0.1, -0.05) is 32.0 Å². The molecule has 0 bridgehead atoms. The van der Waals surface area contributed by atoms with Crippen LogP contribution in [0.1, 0.15) is 42.9 Å². The normalized spacial score (nSPS) is 15.5. The van der Waals surface area contributed by atoms with Gasteiger partial charge < -0.3 is 14.5 Å². The summed E-state index contributed by atoms with van der Waals surface area (Å²) in [4.78, 5) is 33.2. The van der Waals surface area contributed by atoms with Crippen molar-refractivity contribution in [1.82, 2.24) is 10.3 Å². The van der Waals surface area contributed by atoms with E-state index in [0.29, 0.717) is 23.1 Å². The molecule has 162 valence electrons. The zero-order chi connectivity index (χ0) is 22.0. The number of para-hydroxylation sites is 2. The Balaban J connectivity index is 1.63. The van der Waals surface area contributed by atoms with E-state index in [0.717, 1.165) is 17.7 Å². The van der Waals surface area contributed by atoms with Crippen LogP contribution in [-0.2, 0) is 4.79 Å². The topological polar surface area (TPSA) is 84.7 Å². The molecule has 4 rings (SSSR count). The third-order valence-electron chi connectivity index (χ3n) is 5.37. The number of oxazole rings is 1. The molecule has 8 heteroatoms. The van der Waals surface area contributed by atoms with E-state index in [-0.39, 0.29) is 30.1 Å². The Morgan fingerprint density at radius 1 is 1.23 bits per heavy atom. The minimum atomic E-state index is -0.802. The molecule has 0 saturated carbocycles. The molecule has 0 fully saturated rings. The van der Waals surface area contributed by atoms with Crippen molar-refractivity contribution in [2.24, 2.45) is 0 Å². The third-order valence-corrected chi connectivity index (χ3v) is 6.23. The van der Waals surface area contributed by atoms with Gasteiger partial charge in [0.25, 0.3) is 11.8 Å². The Hall–Kier alpha value is -3.13. The van der Waals surface area contributed by atoms with Crippen molar-refractivity contribution in [1.29, 1.82) is 0 Å². The maximum atomic E-state index is 13.5. The van der Waals surface area contributed by atoms with Gasteiger partial charge in [0.1, 0.15) is 11.5 Å². The Morgan fingerprint density at radius 3 is 2.71 bits per heavy atom. The highest BCUT2D eigenvalue weighted by Gasteiger charge is 2.36. The number of benzene rings is 1. The van der Waals surface area contributed by atoms with Crippen molar-refractivity contribution in [3.8, 4) is 16.5 Å². The van der Waals surface area contributed by atoms with Crippen LogP contribution < -0.4 is 15.0 Å². The summed E-state index contributed by atoms with van der Waals surface area (Å²) in [7, 11) is 0. The molecule has 0 radical (unpaired) electrons. The molecule has 3 heterocycles. The summed E-state index contributed by atoms with van der Waals surface area (Å²) < 4.78 is 11.7. The largest absolute Gasteiger partial charge is 0.477 e. The number of thiophene rings is 1. The SMILES string of the molecule is CCC(CC)NC(=O)C1CN(C(=O)c2nc(-c3cccs3)oc2C)c2ccccc2O1. The van der Waals surface area contributed by atoms with Gasteiger partial charge in [-0.25, -0.2) is 4.98 Å². The molecule has 1 unspecified atom stereocenters. The van der Waals surface area contributed by atoms with Gasteiger partial charge in [-0.15, -0.1) is 11.3 Å². The summed E-state index contributed by atoms with van der Waals surface area (Å²) >= 11 is 1.49. The Labute approximate surface area is 185 Å². The van der Waals surface area contributed by atoms with Gasteiger partial charge in [-0.2, -0.15) is 0 Å². The quantitative estimate of drug-likeness (QED) is 0.614. The van der Waals surface area contributed by atoms with Crippen molar-refractivity contribution < 1.29 is 18.7 Å². The number of aromatic nitrogens is 1. The van der Waals surface area contributed by atoms with Gasteiger partial charge in [0, 0.05) is 6.04 Å².